The number of H-pyrrole nitrogens is 1. The summed E-state index contributed by atoms with van der Waals surface area (Å²) in [5.41, 5.74) is 1.45. The average molecular weight is 213 g/mol. The quantitative estimate of drug-likeness (QED) is 0.638. The molecule has 0 unspecified atom stereocenters. The highest BCUT2D eigenvalue weighted by Gasteiger charge is 2.09. The summed E-state index contributed by atoms with van der Waals surface area (Å²) < 4.78 is 1.46. The fourth-order valence-electron chi connectivity index (χ4n) is 1.57. The Bertz CT molecular complexity index is 685. The Labute approximate surface area is 89.6 Å². The summed E-state index contributed by atoms with van der Waals surface area (Å²) in [6.07, 6.45) is 6.33. The molecule has 0 atom stereocenters. The van der Waals surface area contributed by atoms with Crippen molar-refractivity contribution in [3.63, 3.8) is 0 Å². The van der Waals surface area contributed by atoms with Crippen LogP contribution >= 0.6 is 0 Å². The van der Waals surface area contributed by atoms with Crippen molar-refractivity contribution in [2.45, 2.75) is 0 Å². The van der Waals surface area contributed by atoms with E-state index < -0.39 is 0 Å². The Morgan fingerprint density at radius 2 is 1.81 bits per heavy atom. The van der Waals surface area contributed by atoms with Crippen molar-refractivity contribution in [1.29, 1.82) is 0 Å². The van der Waals surface area contributed by atoms with Gasteiger partial charge in [0.1, 0.15) is 0 Å². The molecular formula is C10H7N5O. The van der Waals surface area contributed by atoms with Gasteiger partial charge in [-0.2, -0.15) is 0 Å². The van der Waals surface area contributed by atoms with Gasteiger partial charge in [0, 0.05) is 24.8 Å². The molecule has 3 aromatic heterocycles. The predicted molar refractivity (Wildman–Crippen MR) is 57.3 cm³/mol. The average Bonchev–Trinajstić information content (AvgIpc) is 2.66. The Kier molecular flexibility index (Phi) is 1.79. The summed E-state index contributed by atoms with van der Waals surface area (Å²) in [6, 6.07) is 3.48. The van der Waals surface area contributed by atoms with Gasteiger partial charge in [-0.1, -0.05) is 0 Å². The minimum atomic E-state index is -0.257. The number of aromatic nitrogens is 5. The maximum atomic E-state index is 11.7. The number of hydrogen-bond donors (Lipinski definition) is 1. The molecule has 1 N–H and O–H groups in total. The molecule has 0 fully saturated rings. The topological polar surface area (TPSA) is 76.5 Å². The molecule has 0 spiro atoms. The van der Waals surface area contributed by atoms with Gasteiger partial charge >= 0.3 is 5.69 Å². The Hall–Kier alpha value is -2.50. The summed E-state index contributed by atoms with van der Waals surface area (Å²) in [5, 5.41) is 0. The second-order valence-electron chi connectivity index (χ2n) is 3.20. The van der Waals surface area contributed by atoms with Crippen molar-refractivity contribution in [3.8, 4) is 5.69 Å². The van der Waals surface area contributed by atoms with Crippen LogP contribution < -0.4 is 5.69 Å². The SMILES string of the molecule is O=c1[nH]c2nccnc2n1-c1ccncc1. The van der Waals surface area contributed by atoms with E-state index in [9.17, 15) is 4.79 Å². The van der Waals surface area contributed by atoms with Crippen LogP contribution in [-0.2, 0) is 0 Å². The van der Waals surface area contributed by atoms with Crippen molar-refractivity contribution >= 4 is 11.3 Å². The molecule has 78 valence electrons. The first-order valence-electron chi connectivity index (χ1n) is 4.68. The largest absolute Gasteiger partial charge is 0.333 e. The van der Waals surface area contributed by atoms with E-state index in [4.69, 9.17) is 0 Å². The maximum absolute atomic E-state index is 11.7. The van der Waals surface area contributed by atoms with Crippen molar-refractivity contribution in [1.82, 2.24) is 24.5 Å². The lowest BCUT2D eigenvalue weighted by Crippen LogP contribution is -2.14. The van der Waals surface area contributed by atoms with Gasteiger partial charge in [-0.15, -0.1) is 0 Å². The number of rotatable bonds is 1. The summed E-state index contributed by atoms with van der Waals surface area (Å²) in [6.45, 7) is 0. The Balaban J connectivity index is 2.40. The van der Waals surface area contributed by atoms with Gasteiger partial charge in [0.05, 0.1) is 5.69 Å². The molecule has 0 aliphatic heterocycles. The zero-order valence-corrected chi connectivity index (χ0v) is 8.16. The van der Waals surface area contributed by atoms with E-state index in [1.165, 1.54) is 10.8 Å². The highest BCUT2D eigenvalue weighted by atomic mass is 16.1. The molecule has 0 aliphatic rings. The van der Waals surface area contributed by atoms with E-state index in [2.05, 4.69) is 19.9 Å². The van der Waals surface area contributed by atoms with Crippen LogP contribution in [0.5, 0.6) is 0 Å². The Morgan fingerprint density at radius 3 is 2.62 bits per heavy atom. The number of pyridine rings is 1. The molecule has 6 heteroatoms. The van der Waals surface area contributed by atoms with Crippen LogP contribution in [0.4, 0.5) is 0 Å². The molecule has 0 amide bonds. The first kappa shape index (κ1) is 8.78. The minimum Gasteiger partial charge on any atom is -0.288 e. The van der Waals surface area contributed by atoms with Gasteiger partial charge < -0.3 is 0 Å². The van der Waals surface area contributed by atoms with Crippen LogP contribution in [0.15, 0.2) is 41.7 Å². The third-order valence-corrected chi connectivity index (χ3v) is 2.24. The highest BCUT2D eigenvalue weighted by Crippen LogP contribution is 2.09. The van der Waals surface area contributed by atoms with Gasteiger partial charge in [-0.3, -0.25) is 9.97 Å². The van der Waals surface area contributed by atoms with Crippen molar-refractivity contribution in [2.75, 3.05) is 0 Å². The fourth-order valence-corrected chi connectivity index (χ4v) is 1.57. The third kappa shape index (κ3) is 1.20. The molecule has 0 aliphatic carbocycles. The lowest BCUT2D eigenvalue weighted by molar-refractivity contribution is 0.995. The van der Waals surface area contributed by atoms with Crippen LogP contribution in [-0.4, -0.2) is 24.5 Å². The Morgan fingerprint density at radius 1 is 1.06 bits per heavy atom. The summed E-state index contributed by atoms with van der Waals surface area (Å²) in [7, 11) is 0. The molecule has 16 heavy (non-hydrogen) atoms. The summed E-state index contributed by atoms with van der Waals surface area (Å²) in [4.78, 5) is 26.4. The van der Waals surface area contributed by atoms with Crippen LogP contribution in [0, 0.1) is 0 Å². The van der Waals surface area contributed by atoms with Crippen molar-refractivity contribution in [3.05, 3.63) is 47.4 Å². The number of imidazole rings is 1. The van der Waals surface area contributed by atoms with Crippen LogP contribution in [0.3, 0.4) is 0 Å². The molecule has 0 saturated carbocycles. The van der Waals surface area contributed by atoms with Crippen molar-refractivity contribution < 1.29 is 0 Å². The maximum Gasteiger partial charge on any atom is 0.333 e. The summed E-state index contributed by atoms with van der Waals surface area (Å²) >= 11 is 0. The normalized spacial score (nSPS) is 10.8. The van der Waals surface area contributed by atoms with E-state index in [0.29, 0.717) is 17.0 Å². The van der Waals surface area contributed by atoms with E-state index >= 15 is 0 Å². The molecular weight excluding hydrogens is 206 g/mol. The molecule has 0 radical (unpaired) electrons. The van der Waals surface area contributed by atoms with E-state index in [1.54, 1.807) is 30.7 Å². The number of fused-ring (bicyclic) bond motifs is 1. The van der Waals surface area contributed by atoms with E-state index in [1.807, 2.05) is 0 Å². The molecule has 3 aromatic rings. The zero-order chi connectivity index (χ0) is 11.0. The minimum absolute atomic E-state index is 0.257. The summed E-state index contributed by atoms with van der Waals surface area (Å²) in [5.74, 6) is 0. The van der Waals surface area contributed by atoms with E-state index in [-0.39, 0.29) is 5.69 Å². The first-order chi connectivity index (χ1) is 7.86. The van der Waals surface area contributed by atoms with Crippen LogP contribution in [0.1, 0.15) is 0 Å². The standard InChI is InChI=1S/C10H7N5O/c16-10-14-8-9(13-6-5-12-8)15(10)7-1-3-11-4-2-7/h1-6H,(H,12,14,16). The van der Waals surface area contributed by atoms with Gasteiger partial charge in [0.15, 0.2) is 11.3 Å². The lowest BCUT2D eigenvalue weighted by atomic mass is 10.4. The molecule has 0 saturated heterocycles. The predicted octanol–water partition coefficient (Wildman–Crippen LogP) is 0.504. The molecule has 3 rings (SSSR count). The van der Waals surface area contributed by atoms with E-state index in [0.717, 1.165) is 0 Å². The van der Waals surface area contributed by atoms with Crippen LogP contribution in [0.2, 0.25) is 0 Å². The lowest BCUT2D eigenvalue weighted by Gasteiger charge is -1.99. The monoisotopic (exact) mass is 213 g/mol. The highest BCUT2D eigenvalue weighted by molar-refractivity contribution is 5.67. The van der Waals surface area contributed by atoms with Crippen LogP contribution in [0.25, 0.3) is 17.0 Å². The van der Waals surface area contributed by atoms with Gasteiger partial charge in [0.25, 0.3) is 0 Å². The zero-order valence-electron chi connectivity index (χ0n) is 8.16. The van der Waals surface area contributed by atoms with Gasteiger partial charge in [-0.25, -0.2) is 19.3 Å². The molecule has 0 aromatic carbocycles. The first-order valence-corrected chi connectivity index (χ1v) is 4.68. The van der Waals surface area contributed by atoms with Crippen molar-refractivity contribution in [2.24, 2.45) is 0 Å². The third-order valence-electron chi connectivity index (χ3n) is 2.24. The van der Waals surface area contributed by atoms with Gasteiger partial charge in [-0.05, 0) is 12.1 Å². The number of nitrogens with zero attached hydrogens (tertiary/aromatic N) is 4. The second-order valence-corrected chi connectivity index (χ2v) is 3.20. The molecule has 3 heterocycles. The molecule has 0 bridgehead atoms. The number of aromatic amines is 1. The number of nitrogens with one attached hydrogen (secondary N) is 1. The van der Waals surface area contributed by atoms with Gasteiger partial charge in [0.2, 0.25) is 0 Å². The number of hydrogen-bond acceptors (Lipinski definition) is 4. The second kappa shape index (κ2) is 3.27. The fraction of sp³-hybridized carbons (Fsp3) is 0. The smallest absolute Gasteiger partial charge is 0.288 e. The molecule has 6 nitrogen and oxygen atoms in total.